The van der Waals surface area contributed by atoms with Gasteiger partial charge in [-0.05, 0) is 31.4 Å². The topological polar surface area (TPSA) is 43.7 Å². The molecule has 0 unspecified atom stereocenters. The van der Waals surface area contributed by atoms with Gasteiger partial charge in [0, 0.05) is 13.1 Å². The van der Waals surface area contributed by atoms with Crippen LogP contribution >= 0.6 is 0 Å². The summed E-state index contributed by atoms with van der Waals surface area (Å²) in [5.41, 5.74) is 1.47. The third-order valence-corrected chi connectivity index (χ3v) is 4.87. The summed E-state index contributed by atoms with van der Waals surface area (Å²) >= 11 is 0. The summed E-state index contributed by atoms with van der Waals surface area (Å²) in [6.07, 6.45) is 14.5. The van der Waals surface area contributed by atoms with E-state index in [0.29, 0.717) is 13.1 Å². The number of nitrogens with zero attached hydrogens (tertiary/aromatic N) is 1. The van der Waals surface area contributed by atoms with Crippen molar-refractivity contribution in [2.24, 2.45) is 0 Å². The van der Waals surface area contributed by atoms with Crippen LogP contribution in [0.25, 0.3) is 0 Å². The predicted octanol–water partition coefficient (Wildman–Crippen LogP) is 4.42. The molecule has 1 rings (SSSR count). The molecule has 3 nitrogen and oxygen atoms in total. The number of hydrogen-bond acceptors (Lipinski definition) is 3. The molecule has 0 aliphatic rings. The number of unbranched alkanes of at least 4 members (excludes halogenated alkanes) is 9. The smallest absolute Gasteiger partial charge is 0.0558 e. The largest absolute Gasteiger partial charge is 0.395 e. The first-order valence-corrected chi connectivity index (χ1v) is 10.3. The van der Waals surface area contributed by atoms with E-state index in [9.17, 15) is 0 Å². The van der Waals surface area contributed by atoms with Crippen LogP contribution in [0.4, 0.5) is 0 Å². The van der Waals surface area contributed by atoms with E-state index in [-0.39, 0.29) is 13.2 Å². The second-order valence-electron chi connectivity index (χ2n) is 7.06. The Morgan fingerprint density at radius 2 is 1.04 bits per heavy atom. The first-order chi connectivity index (χ1) is 12.4. The molecule has 144 valence electrons. The molecule has 25 heavy (non-hydrogen) atoms. The molecule has 0 aliphatic carbocycles. The van der Waals surface area contributed by atoms with Gasteiger partial charge < -0.3 is 10.2 Å². The lowest BCUT2D eigenvalue weighted by Crippen LogP contribution is -2.30. The first kappa shape index (κ1) is 22.1. The van der Waals surface area contributed by atoms with Gasteiger partial charge in [-0.25, -0.2) is 0 Å². The van der Waals surface area contributed by atoms with Crippen molar-refractivity contribution in [1.82, 2.24) is 4.90 Å². The molecule has 2 N–H and O–H groups in total. The highest BCUT2D eigenvalue weighted by molar-refractivity contribution is 5.14. The highest BCUT2D eigenvalue weighted by Crippen LogP contribution is 2.12. The van der Waals surface area contributed by atoms with Gasteiger partial charge in [-0.3, -0.25) is 4.90 Å². The Morgan fingerprint density at radius 1 is 0.560 bits per heavy atom. The number of hydrogen-bond donors (Lipinski definition) is 2. The van der Waals surface area contributed by atoms with Gasteiger partial charge in [0.15, 0.2) is 0 Å². The zero-order valence-corrected chi connectivity index (χ0v) is 16.0. The van der Waals surface area contributed by atoms with Gasteiger partial charge in [0.25, 0.3) is 0 Å². The van der Waals surface area contributed by atoms with E-state index in [1.54, 1.807) is 0 Å². The second kappa shape index (κ2) is 16.6. The van der Waals surface area contributed by atoms with Crippen LogP contribution in [-0.2, 0) is 6.42 Å². The third-order valence-electron chi connectivity index (χ3n) is 4.87. The molecule has 0 saturated heterocycles. The van der Waals surface area contributed by atoms with E-state index in [2.05, 4.69) is 35.2 Å². The molecular formula is C22H39NO2. The SMILES string of the molecule is OCCN(CCO)CCCCCCCCCCCCc1ccccc1. The molecule has 0 radical (unpaired) electrons. The van der Waals surface area contributed by atoms with E-state index in [4.69, 9.17) is 10.2 Å². The molecule has 0 heterocycles. The summed E-state index contributed by atoms with van der Waals surface area (Å²) in [7, 11) is 0. The standard InChI is InChI=1S/C22H39NO2/c24-20-18-23(19-21-25)17-13-8-6-4-2-1-3-5-7-10-14-22-15-11-9-12-16-22/h9,11-12,15-16,24-25H,1-8,10,13-14,17-21H2. The zero-order valence-electron chi connectivity index (χ0n) is 16.0. The summed E-state index contributed by atoms with van der Waals surface area (Å²) in [4.78, 5) is 2.15. The fraction of sp³-hybridized carbons (Fsp3) is 0.727. The van der Waals surface area contributed by atoms with Crippen LogP contribution in [0.15, 0.2) is 30.3 Å². The summed E-state index contributed by atoms with van der Waals surface area (Å²) in [6, 6.07) is 10.8. The summed E-state index contributed by atoms with van der Waals surface area (Å²) in [5, 5.41) is 18.0. The predicted molar refractivity (Wildman–Crippen MR) is 107 cm³/mol. The van der Waals surface area contributed by atoms with Gasteiger partial charge in [-0.15, -0.1) is 0 Å². The normalized spacial score (nSPS) is 11.3. The summed E-state index contributed by atoms with van der Waals surface area (Å²) in [6.45, 7) is 2.74. The molecule has 0 aromatic heterocycles. The average molecular weight is 350 g/mol. The Morgan fingerprint density at radius 3 is 1.56 bits per heavy atom. The maximum atomic E-state index is 8.98. The van der Waals surface area contributed by atoms with Crippen molar-refractivity contribution >= 4 is 0 Å². The molecule has 0 saturated carbocycles. The van der Waals surface area contributed by atoms with Crippen LogP contribution in [-0.4, -0.2) is 48.0 Å². The van der Waals surface area contributed by atoms with E-state index in [1.807, 2.05) is 0 Å². The van der Waals surface area contributed by atoms with Crippen LogP contribution < -0.4 is 0 Å². The molecule has 0 spiro atoms. The third kappa shape index (κ3) is 13.0. The van der Waals surface area contributed by atoms with Crippen LogP contribution in [0, 0.1) is 0 Å². The molecular weight excluding hydrogens is 310 g/mol. The van der Waals surface area contributed by atoms with Crippen molar-refractivity contribution < 1.29 is 10.2 Å². The molecule has 3 heteroatoms. The minimum absolute atomic E-state index is 0.186. The zero-order chi connectivity index (χ0) is 18.0. The van der Waals surface area contributed by atoms with Crippen molar-refractivity contribution in [2.75, 3.05) is 32.8 Å². The van der Waals surface area contributed by atoms with Crippen LogP contribution in [0.1, 0.15) is 69.8 Å². The molecule has 0 fully saturated rings. The first-order valence-electron chi connectivity index (χ1n) is 10.3. The molecule has 0 bridgehead atoms. The van der Waals surface area contributed by atoms with E-state index < -0.39 is 0 Å². The molecule has 0 atom stereocenters. The molecule has 0 aliphatic heterocycles. The summed E-state index contributed by atoms with van der Waals surface area (Å²) < 4.78 is 0. The van der Waals surface area contributed by atoms with E-state index in [0.717, 1.165) is 6.54 Å². The minimum Gasteiger partial charge on any atom is -0.395 e. The molecule has 0 amide bonds. The van der Waals surface area contributed by atoms with Crippen LogP contribution in [0.2, 0.25) is 0 Å². The Hall–Kier alpha value is -0.900. The number of aryl methyl sites for hydroxylation is 1. The highest BCUT2D eigenvalue weighted by atomic mass is 16.3. The number of aliphatic hydroxyl groups excluding tert-OH is 2. The van der Waals surface area contributed by atoms with Crippen molar-refractivity contribution in [3.63, 3.8) is 0 Å². The van der Waals surface area contributed by atoms with Gasteiger partial charge in [-0.2, -0.15) is 0 Å². The number of aliphatic hydroxyl groups is 2. The maximum absolute atomic E-state index is 8.98. The Balaban J connectivity index is 1.81. The minimum atomic E-state index is 0.186. The number of benzene rings is 1. The highest BCUT2D eigenvalue weighted by Gasteiger charge is 2.02. The van der Waals surface area contributed by atoms with Gasteiger partial charge in [0.2, 0.25) is 0 Å². The van der Waals surface area contributed by atoms with Gasteiger partial charge in [0.1, 0.15) is 0 Å². The average Bonchev–Trinajstić information content (AvgIpc) is 2.64. The lowest BCUT2D eigenvalue weighted by atomic mass is 10.0. The molecule has 1 aromatic carbocycles. The van der Waals surface area contributed by atoms with Gasteiger partial charge in [0.05, 0.1) is 13.2 Å². The molecule has 1 aromatic rings. The lowest BCUT2D eigenvalue weighted by Gasteiger charge is -2.19. The fourth-order valence-electron chi connectivity index (χ4n) is 3.34. The maximum Gasteiger partial charge on any atom is 0.0558 e. The van der Waals surface area contributed by atoms with Gasteiger partial charge in [-0.1, -0.05) is 81.7 Å². The monoisotopic (exact) mass is 349 g/mol. The fourth-order valence-corrected chi connectivity index (χ4v) is 3.34. The number of rotatable bonds is 17. The lowest BCUT2D eigenvalue weighted by molar-refractivity contribution is 0.159. The Kier molecular flexibility index (Phi) is 14.7. The second-order valence-corrected chi connectivity index (χ2v) is 7.06. The van der Waals surface area contributed by atoms with E-state index in [1.165, 1.54) is 76.2 Å². The van der Waals surface area contributed by atoms with Crippen molar-refractivity contribution in [1.29, 1.82) is 0 Å². The Bertz CT molecular complexity index is 377. The van der Waals surface area contributed by atoms with Crippen molar-refractivity contribution in [3.8, 4) is 0 Å². The van der Waals surface area contributed by atoms with E-state index >= 15 is 0 Å². The van der Waals surface area contributed by atoms with Crippen LogP contribution in [0.3, 0.4) is 0 Å². The van der Waals surface area contributed by atoms with Crippen LogP contribution in [0.5, 0.6) is 0 Å². The Labute approximate surface area is 155 Å². The summed E-state index contributed by atoms with van der Waals surface area (Å²) in [5.74, 6) is 0. The quantitative estimate of drug-likeness (QED) is 0.409. The van der Waals surface area contributed by atoms with Crippen molar-refractivity contribution in [3.05, 3.63) is 35.9 Å². The van der Waals surface area contributed by atoms with Gasteiger partial charge >= 0.3 is 0 Å². The van der Waals surface area contributed by atoms with Crippen molar-refractivity contribution in [2.45, 2.75) is 70.6 Å².